The number of benzene rings is 1. The van der Waals surface area contributed by atoms with Crippen LogP contribution in [0.1, 0.15) is 31.4 Å². The van der Waals surface area contributed by atoms with Crippen LogP contribution in [0.5, 0.6) is 0 Å². The highest BCUT2D eigenvalue weighted by Crippen LogP contribution is 2.17. The maximum Gasteiger partial charge on any atom is 0.223 e. The van der Waals surface area contributed by atoms with Crippen molar-refractivity contribution < 1.29 is 13.2 Å². The second-order valence-electron chi connectivity index (χ2n) is 5.90. The monoisotopic (exact) mass is 324 g/mol. The van der Waals surface area contributed by atoms with E-state index in [4.69, 9.17) is 0 Å². The Kier molecular flexibility index (Phi) is 5.58. The van der Waals surface area contributed by atoms with Crippen molar-refractivity contribution in [2.24, 2.45) is 0 Å². The number of nitrogens with zero attached hydrogens (tertiary/aromatic N) is 1. The van der Waals surface area contributed by atoms with E-state index in [1.165, 1.54) is 5.56 Å². The minimum absolute atomic E-state index is 0.00476. The summed E-state index contributed by atoms with van der Waals surface area (Å²) in [6.07, 6.45) is 0.933. The van der Waals surface area contributed by atoms with E-state index in [0.29, 0.717) is 19.4 Å². The summed E-state index contributed by atoms with van der Waals surface area (Å²) in [5.41, 5.74) is 1.19. The van der Waals surface area contributed by atoms with E-state index >= 15 is 0 Å². The Balaban J connectivity index is 1.76. The van der Waals surface area contributed by atoms with Crippen LogP contribution in [0.15, 0.2) is 30.3 Å². The van der Waals surface area contributed by atoms with E-state index < -0.39 is 9.84 Å². The van der Waals surface area contributed by atoms with Gasteiger partial charge in [0.2, 0.25) is 5.91 Å². The molecule has 1 aliphatic rings. The number of carbonyl (C=O) groups is 1. The zero-order valence-electron chi connectivity index (χ0n) is 13.2. The van der Waals surface area contributed by atoms with Crippen LogP contribution < -0.4 is 5.32 Å². The Bertz CT molecular complexity index is 601. The average Bonchev–Trinajstić information content (AvgIpc) is 2.87. The Labute approximate surface area is 132 Å². The zero-order chi connectivity index (χ0) is 16.2. The van der Waals surface area contributed by atoms with E-state index in [1.54, 1.807) is 11.9 Å². The van der Waals surface area contributed by atoms with E-state index in [0.717, 1.165) is 0 Å². The van der Waals surface area contributed by atoms with Crippen molar-refractivity contribution in [1.82, 2.24) is 10.2 Å². The standard InChI is InChI=1S/C16H24N2O3S/c1-13(14-6-4-3-5-7-14)17-10-8-16(19)18(2)15-9-11-22(20,21)12-15/h3-7,13,15,17H,8-12H2,1-2H3. The molecule has 1 N–H and O–H groups in total. The number of hydrogen-bond donors (Lipinski definition) is 1. The molecule has 5 nitrogen and oxygen atoms in total. The third-order valence-electron chi connectivity index (χ3n) is 4.24. The van der Waals surface area contributed by atoms with Crippen molar-refractivity contribution in [3.63, 3.8) is 0 Å². The summed E-state index contributed by atoms with van der Waals surface area (Å²) in [7, 11) is -1.25. The minimum atomic E-state index is -2.95. The van der Waals surface area contributed by atoms with Gasteiger partial charge < -0.3 is 10.2 Å². The lowest BCUT2D eigenvalue weighted by Gasteiger charge is -2.24. The summed E-state index contributed by atoms with van der Waals surface area (Å²) in [4.78, 5) is 13.7. The molecule has 0 saturated carbocycles. The van der Waals surface area contributed by atoms with Crippen molar-refractivity contribution in [2.75, 3.05) is 25.1 Å². The topological polar surface area (TPSA) is 66.5 Å². The molecule has 0 aliphatic carbocycles. The number of carbonyl (C=O) groups excluding carboxylic acids is 1. The van der Waals surface area contributed by atoms with Crippen LogP contribution in [0.25, 0.3) is 0 Å². The van der Waals surface area contributed by atoms with Gasteiger partial charge in [-0.25, -0.2) is 8.42 Å². The summed E-state index contributed by atoms with van der Waals surface area (Å²) < 4.78 is 23.0. The maximum absolute atomic E-state index is 12.2. The quantitative estimate of drug-likeness (QED) is 0.858. The first-order valence-electron chi connectivity index (χ1n) is 7.63. The molecule has 122 valence electrons. The van der Waals surface area contributed by atoms with E-state index in [-0.39, 0.29) is 29.5 Å². The van der Waals surface area contributed by atoms with Gasteiger partial charge in [0.05, 0.1) is 11.5 Å². The predicted octanol–water partition coefficient (Wildman–Crippen LogP) is 1.37. The number of amides is 1. The van der Waals surface area contributed by atoms with Crippen molar-refractivity contribution >= 4 is 15.7 Å². The first kappa shape index (κ1) is 17.0. The molecule has 1 fully saturated rings. The van der Waals surface area contributed by atoms with Gasteiger partial charge in [0, 0.05) is 32.1 Å². The van der Waals surface area contributed by atoms with Crippen molar-refractivity contribution in [2.45, 2.75) is 31.8 Å². The SMILES string of the molecule is CC(NCCC(=O)N(C)C1CCS(=O)(=O)C1)c1ccccc1. The van der Waals surface area contributed by atoms with Crippen LogP contribution in [0.2, 0.25) is 0 Å². The van der Waals surface area contributed by atoms with Gasteiger partial charge in [-0.15, -0.1) is 0 Å². The molecule has 1 aromatic carbocycles. The van der Waals surface area contributed by atoms with Crippen LogP contribution in [0.3, 0.4) is 0 Å². The normalized spacial score (nSPS) is 21.5. The third-order valence-corrected chi connectivity index (χ3v) is 5.99. The second-order valence-corrected chi connectivity index (χ2v) is 8.13. The molecule has 0 spiro atoms. The lowest BCUT2D eigenvalue weighted by molar-refractivity contribution is -0.131. The maximum atomic E-state index is 12.2. The molecule has 2 unspecified atom stereocenters. The van der Waals surface area contributed by atoms with E-state index in [2.05, 4.69) is 24.4 Å². The molecular weight excluding hydrogens is 300 g/mol. The lowest BCUT2D eigenvalue weighted by atomic mass is 10.1. The van der Waals surface area contributed by atoms with Gasteiger partial charge in [-0.2, -0.15) is 0 Å². The summed E-state index contributed by atoms with van der Waals surface area (Å²) in [5, 5.41) is 3.33. The van der Waals surface area contributed by atoms with Gasteiger partial charge in [0.15, 0.2) is 9.84 Å². The Morgan fingerprint density at radius 2 is 2.05 bits per heavy atom. The average molecular weight is 324 g/mol. The van der Waals surface area contributed by atoms with Gasteiger partial charge >= 0.3 is 0 Å². The fourth-order valence-electron chi connectivity index (χ4n) is 2.72. The molecule has 22 heavy (non-hydrogen) atoms. The summed E-state index contributed by atoms with van der Waals surface area (Å²) in [6, 6.07) is 10.1. The van der Waals surface area contributed by atoms with E-state index in [1.807, 2.05) is 18.2 Å². The number of sulfone groups is 1. The number of nitrogens with one attached hydrogen (secondary N) is 1. The molecule has 0 radical (unpaired) electrons. The molecule has 1 aromatic rings. The highest BCUT2D eigenvalue weighted by molar-refractivity contribution is 7.91. The zero-order valence-corrected chi connectivity index (χ0v) is 14.0. The molecule has 6 heteroatoms. The lowest BCUT2D eigenvalue weighted by Crippen LogP contribution is -2.39. The first-order valence-corrected chi connectivity index (χ1v) is 9.45. The number of hydrogen-bond acceptors (Lipinski definition) is 4. The highest BCUT2D eigenvalue weighted by Gasteiger charge is 2.32. The van der Waals surface area contributed by atoms with E-state index in [9.17, 15) is 13.2 Å². The van der Waals surface area contributed by atoms with Crippen molar-refractivity contribution in [3.05, 3.63) is 35.9 Å². The third kappa shape index (κ3) is 4.55. The Morgan fingerprint density at radius 1 is 1.36 bits per heavy atom. The van der Waals surface area contributed by atoms with Gasteiger partial charge in [-0.1, -0.05) is 30.3 Å². The largest absolute Gasteiger partial charge is 0.342 e. The first-order chi connectivity index (χ1) is 10.4. The molecule has 0 bridgehead atoms. The van der Waals surface area contributed by atoms with Crippen LogP contribution in [0, 0.1) is 0 Å². The highest BCUT2D eigenvalue weighted by atomic mass is 32.2. The van der Waals surface area contributed by atoms with Gasteiger partial charge in [-0.05, 0) is 18.9 Å². The second kappa shape index (κ2) is 7.24. The van der Waals surface area contributed by atoms with Gasteiger partial charge in [0.1, 0.15) is 0 Å². The Hall–Kier alpha value is -1.40. The van der Waals surface area contributed by atoms with Crippen LogP contribution in [-0.2, 0) is 14.6 Å². The van der Waals surface area contributed by atoms with Gasteiger partial charge in [0.25, 0.3) is 0 Å². The van der Waals surface area contributed by atoms with Crippen molar-refractivity contribution in [3.8, 4) is 0 Å². The fourth-order valence-corrected chi connectivity index (χ4v) is 4.49. The van der Waals surface area contributed by atoms with Gasteiger partial charge in [-0.3, -0.25) is 4.79 Å². The Morgan fingerprint density at radius 3 is 2.64 bits per heavy atom. The van der Waals surface area contributed by atoms with Crippen LogP contribution in [-0.4, -0.2) is 50.4 Å². The summed E-state index contributed by atoms with van der Waals surface area (Å²) >= 11 is 0. The molecule has 0 aromatic heterocycles. The predicted molar refractivity (Wildman–Crippen MR) is 87.3 cm³/mol. The molecular formula is C16H24N2O3S. The number of rotatable bonds is 6. The fraction of sp³-hybridized carbons (Fsp3) is 0.562. The molecule has 1 saturated heterocycles. The van der Waals surface area contributed by atoms with Crippen LogP contribution >= 0.6 is 0 Å². The van der Waals surface area contributed by atoms with Crippen LogP contribution in [0.4, 0.5) is 0 Å². The summed E-state index contributed by atoms with van der Waals surface area (Å²) in [5.74, 6) is 0.289. The molecule has 2 atom stereocenters. The molecule has 1 heterocycles. The minimum Gasteiger partial charge on any atom is -0.342 e. The summed E-state index contributed by atoms with van der Waals surface area (Å²) in [6.45, 7) is 2.64. The molecule has 1 amide bonds. The van der Waals surface area contributed by atoms with Crippen molar-refractivity contribution in [1.29, 1.82) is 0 Å². The molecule has 2 rings (SSSR count). The molecule has 1 aliphatic heterocycles. The smallest absolute Gasteiger partial charge is 0.223 e.